The number of amides is 1. The molecule has 1 amide bonds. The fourth-order valence-corrected chi connectivity index (χ4v) is 2.79. The summed E-state index contributed by atoms with van der Waals surface area (Å²) >= 11 is 5.88. The van der Waals surface area contributed by atoms with Crippen LogP contribution in [0, 0.1) is 5.92 Å². The van der Waals surface area contributed by atoms with Gasteiger partial charge in [-0.2, -0.15) is 0 Å². The molecule has 3 fully saturated rings. The van der Waals surface area contributed by atoms with Crippen LogP contribution in [0.2, 0.25) is 5.02 Å². The van der Waals surface area contributed by atoms with Gasteiger partial charge >= 0.3 is 0 Å². The number of hydrogen-bond acceptors (Lipinski definition) is 2. The monoisotopic (exact) mass is 236 g/mol. The van der Waals surface area contributed by atoms with Crippen molar-refractivity contribution >= 4 is 23.2 Å². The molecule has 0 radical (unpaired) electrons. The summed E-state index contributed by atoms with van der Waals surface area (Å²) in [6, 6.07) is 5.00. The molecule has 84 valence electrons. The highest BCUT2D eigenvalue weighted by atomic mass is 35.5. The fraction of sp³-hybridized carbons (Fsp3) is 0.417. The number of carbonyl (C=O) groups is 1. The van der Waals surface area contributed by atoms with Crippen molar-refractivity contribution in [2.24, 2.45) is 5.92 Å². The van der Waals surface area contributed by atoms with Gasteiger partial charge < -0.3 is 11.1 Å². The quantitative estimate of drug-likeness (QED) is 0.774. The van der Waals surface area contributed by atoms with Crippen molar-refractivity contribution in [1.82, 2.24) is 5.32 Å². The van der Waals surface area contributed by atoms with Gasteiger partial charge in [0.25, 0.3) is 5.91 Å². The zero-order valence-corrected chi connectivity index (χ0v) is 9.55. The normalized spacial score (nSPS) is 30.2. The Labute approximate surface area is 99.0 Å². The Kier molecular flexibility index (Phi) is 1.96. The summed E-state index contributed by atoms with van der Waals surface area (Å²) < 4.78 is 0. The van der Waals surface area contributed by atoms with Gasteiger partial charge in [0, 0.05) is 11.1 Å². The summed E-state index contributed by atoms with van der Waals surface area (Å²) in [7, 11) is 0. The van der Waals surface area contributed by atoms with Gasteiger partial charge in [-0.1, -0.05) is 11.6 Å². The number of nitrogens with one attached hydrogen (secondary N) is 1. The van der Waals surface area contributed by atoms with E-state index in [4.69, 9.17) is 17.3 Å². The highest BCUT2D eigenvalue weighted by Crippen LogP contribution is 2.56. The number of anilines is 1. The molecule has 3 saturated carbocycles. The lowest BCUT2D eigenvalue weighted by atomic mass is 9.50. The van der Waals surface area contributed by atoms with Gasteiger partial charge in [-0.05, 0) is 43.4 Å². The van der Waals surface area contributed by atoms with E-state index in [0.717, 1.165) is 25.2 Å². The second-order valence-corrected chi connectivity index (χ2v) is 5.36. The number of rotatable bonds is 2. The second kappa shape index (κ2) is 3.14. The van der Waals surface area contributed by atoms with E-state index in [1.54, 1.807) is 18.2 Å². The van der Waals surface area contributed by atoms with Crippen LogP contribution >= 0.6 is 11.6 Å². The SMILES string of the molecule is Nc1ccc(C(=O)NC23CC(C2)C3)cc1Cl. The third kappa shape index (κ3) is 1.39. The Bertz CT molecular complexity index is 455. The van der Waals surface area contributed by atoms with E-state index >= 15 is 0 Å². The number of benzene rings is 1. The van der Waals surface area contributed by atoms with E-state index in [1.165, 1.54) is 0 Å². The van der Waals surface area contributed by atoms with E-state index in [-0.39, 0.29) is 11.4 Å². The average Bonchev–Trinajstić information content (AvgIpc) is 2.13. The van der Waals surface area contributed by atoms with Crippen molar-refractivity contribution < 1.29 is 4.79 Å². The second-order valence-electron chi connectivity index (χ2n) is 4.95. The van der Waals surface area contributed by atoms with Crippen LogP contribution in [-0.2, 0) is 0 Å². The molecule has 1 aromatic carbocycles. The third-order valence-corrected chi connectivity index (χ3v) is 4.01. The molecule has 1 aromatic rings. The molecule has 3 aliphatic carbocycles. The van der Waals surface area contributed by atoms with E-state index in [1.807, 2.05) is 0 Å². The Balaban J connectivity index is 1.75. The minimum absolute atomic E-state index is 0.0416. The van der Waals surface area contributed by atoms with Crippen molar-refractivity contribution in [3.8, 4) is 0 Å². The summed E-state index contributed by atoms with van der Waals surface area (Å²) in [6.07, 6.45) is 3.42. The minimum Gasteiger partial charge on any atom is -0.398 e. The van der Waals surface area contributed by atoms with Crippen LogP contribution in [0.5, 0.6) is 0 Å². The maximum absolute atomic E-state index is 11.9. The summed E-state index contributed by atoms with van der Waals surface area (Å²) in [5.74, 6) is 0.815. The topological polar surface area (TPSA) is 55.1 Å². The molecule has 3 N–H and O–H groups in total. The first kappa shape index (κ1) is 9.97. The van der Waals surface area contributed by atoms with Crippen molar-refractivity contribution in [2.75, 3.05) is 5.73 Å². The Morgan fingerprint density at radius 1 is 1.44 bits per heavy atom. The van der Waals surface area contributed by atoms with Gasteiger partial charge in [0.15, 0.2) is 0 Å². The highest BCUT2D eigenvalue weighted by molar-refractivity contribution is 6.33. The lowest BCUT2D eigenvalue weighted by molar-refractivity contribution is -0.0438. The molecule has 2 bridgehead atoms. The van der Waals surface area contributed by atoms with E-state index in [2.05, 4.69) is 5.32 Å². The Morgan fingerprint density at radius 3 is 2.62 bits per heavy atom. The molecule has 0 heterocycles. The van der Waals surface area contributed by atoms with Crippen LogP contribution in [0.25, 0.3) is 0 Å². The van der Waals surface area contributed by atoms with Crippen LogP contribution in [0.1, 0.15) is 29.6 Å². The number of nitrogen functional groups attached to an aromatic ring is 1. The van der Waals surface area contributed by atoms with Gasteiger partial charge in [-0.25, -0.2) is 0 Å². The molecule has 0 saturated heterocycles. The first-order chi connectivity index (χ1) is 7.58. The van der Waals surface area contributed by atoms with Gasteiger partial charge in [-0.15, -0.1) is 0 Å². The minimum atomic E-state index is -0.0416. The van der Waals surface area contributed by atoms with Crippen molar-refractivity contribution in [1.29, 1.82) is 0 Å². The number of hydrogen-bond donors (Lipinski definition) is 2. The maximum Gasteiger partial charge on any atom is 0.251 e. The van der Waals surface area contributed by atoms with Crippen LogP contribution in [0.3, 0.4) is 0 Å². The Hall–Kier alpha value is -1.22. The molecule has 0 atom stereocenters. The highest BCUT2D eigenvalue weighted by Gasteiger charge is 2.57. The molecule has 4 rings (SSSR count). The fourth-order valence-electron chi connectivity index (χ4n) is 2.61. The molecule has 3 nitrogen and oxygen atoms in total. The van der Waals surface area contributed by atoms with Crippen molar-refractivity contribution in [3.05, 3.63) is 28.8 Å². The predicted molar refractivity (Wildman–Crippen MR) is 63.4 cm³/mol. The molecule has 16 heavy (non-hydrogen) atoms. The van der Waals surface area contributed by atoms with Crippen LogP contribution < -0.4 is 11.1 Å². The third-order valence-electron chi connectivity index (χ3n) is 3.68. The molecule has 3 aliphatic rings. The summed E-state index contributed by atoms with van der Waals surface area (Å²) in [4.78, 5) is 11.9. The van der Waals surface area contributed by atoms with Gasteiger partial charge in [0.1, 0.15) is 0 Å². The zero-order valence-electron chi connectivity index (χ0n) is 8.79. The molecule has 0 spiro atoms. The van der Waals surface area contributed by atoms with Crippen molar-refractivity contribution in [3.63, 3.8) is 0 Å². The first-order valence-corrected chi connectivity index (χ1v) is 5.83. The van der Waals surface area contributed by atoms with Crippen LogP contribution in [0.15, 0.2) is 18.2 Å². The molecular weight excluding hydrogens is 224 g/mol. The molecule has 0 aliphatic heterocycles. The number of carbonyl (C=O) groups excluding carboxylic acids is 1. The Morgan fingerprint density at radius 2 is 2.12 bits per heavy atom. The lowest BCUT2D eigenvalue weighted by Gasteiger charge is -2.61. The molecular formula is C12H13ClN2O. The van der Waals surface area contributed by atoms with Gasteiger partial charge in [0.05, 0.1) is 10.7 Å². The average molecular weight is 237 g/mol. The largest absolute Gasteiger partial charge is 0.398 e. The van der Waals surface area contributed by atoms with Crippen LogP contribution in [-0.4, -0.2) is 11.4 Å². The summed E-state index contributed by atoms with van der Waals surface area (Å²) in [6.45, 7) is 0. The smallest absolute Gasteiger partial charge is 0.251 e. The van der Waals surface area contributed by atoms with E-state index < -0.39 is 0 Å². The zero-order chi connectivity index (χ0) is 11.3. The molecule has 4 heteroatoms. The van der Waals surface area contributed by atoms with Gasteiger partial charge in [-0.3, -0.25) is 4.79 Å². The summed E-state index contributed by atoms with van der Waals surface area (Å²) in [5.41, 5.74) is 6.79. The first-order valence-electron chi connectivity index (χ1n) is 5.46. The van der Waals surface area contributed by atoms with Crippen LogP contribution in [0.4, 0.5) is 5.69 Å². The molecule has 0 unspecified atom stereocenters. The summed E-state index contributed by atoms with van der Waals surface area (Å²) in [5, 5.41) is 3.52. The van der Waals surface area contributed by atoms with Crippen molar-refractivity contribution in [2.45, 2.75) is 24.8 Å². The standard InChI is InChI=1S/C12H13ClN2O/c13-9-3-8(1-2-10(9)14)11(16)15-12-4-7(5-12)6-12/h1-3,7H,4-6,14H2,(H,15,16). The van der Waals surface area contributed by atoms with E-state index in [0.29, 0.717) is 16.3 Å². The van der Waals surface area contributed by atoms with Gasteiger partial charge in [0.2, 0.25) is 0 Å². The van der Waals surface area contributed by atoms with E-state index in [9.17, 15) is 4.79 Å². The number of nitrogens with two attached hydrogens (primary N) is 1. The number of halogens is 1. The molecule has 0 aromatic heterocycles. The predicted octanol–water partition coefficient (Wildman–Crippen LogP) is 2.20. The maximum atomic E-state index is 11.9. The lowest BCUT2D eigenvalue weighted by Crippen LogP contribution is -2.68.